The van der Waals surface area contributed by atoms with Crippen LogP contribution in [-0.4, -0.2) is 152 Å². The molecule has 25 heteroatoms. The summed E-state index contributed by atoms with van der Waals surface area (Å²) in [5.74, 6) is -12.5. The number of aromatic amines is 1. The number of para-hydroxylation sites is 1. The average Bonchev–Trinajstić information content (AvgIpc) is 3.79. The highest BCUT2D eigenvalue weighted by Crippen LogP contribution is 2.21. The Bertz CT molecular complexity index is 2410. The topological polar surface area (TPSA) is 407 Å². The fourth-order valence-electron chi connectivity index (χ4n) is 8.50. The lowest BCUT2D eigenvalue weighted by molar-refractivity contribution is -0.143. The largest absolute Gasteiger partial charge is 0.481 e. The van der Waals surface area contributed by atoms with Crippen molar-refractivity contribution in [2.24, 2.45) is 35.3 Å². The van der Waals surface area contributed by atoms with E-state index < -0.39 is 157 Å². The van der Waals surface area contributed by atoms with Crippen molar-refractivity contribution in [2.45, 2.75) is 188 Å². The van der Waals surface area contributed by atoms with Gasteiger partial charge in [-0.25, -0.2) is 4.79 Å². The van der Waals surface area contributed by atoms with Crippen molar-refractivity contribution in [2.75, 3.05) is 6.61 Å². The first-order chi connectivity index (χ1) is 37.0. The standard InChI is InChI=1S/C54H86N10O15/c1-11-30(9)44(52(76)57-36(18-20-43(68)69)47(71)59-38(22-28(5)6)48(72)61-40(54(78)79)23-29(7)8)64-53(77)45(31(10)12-2)63-50(74)39(24-32-25-56-35-16-14-13-15-33(32)35)60-51(75)41(26-65)62-49(73)37(21-27(3)4)58-46(70)34(55)17-19-42(66)67/h13-16,25,27-31,34,36-41,44-45,56,65H,11-12,17-24,26,55H2,1-10H3,(H,57,76)(H,58,70)(H,59,71)(H,60,75)(H,61,72)(H,62,73)(H,63,74)(H,64,77)(H,66,67)(H,68,69)(H,78,79)/t30-,31-,34-,36-,37-,38-,39-,40-,41-,44-,45-/m0/s1. The van der Waals surface area contributed by atoms with Gasteiger partial charge < -0.3 is 73.7 Å². The van der Waals surface area contributed by atoms with Crippen LogP contribution in [-0.2, 0) is 59.2 Å². The number of carbonyl (C=O) groups is 11. The average molecular weight is 1120 g/mol. The molecule has 79 heavy (non-hydrogen) atoms. The van der Waals surface area contributed by atoms with E-state index in [1.165, 1.54) is 0 Å². The molecule has 0 fully saturated rings. The number of amides is 8. The van der Waals surface area contributed by atoms with Gasteiger partial charge in [0, 0.05) is 36.4 Å². The van der Waals surface area contributed by atoms with E-state index >= 15 is 0 Å². The van der Waals surface area contributed by atoms with Gasteiger partial charge in [0.2, 0.25) is 47.3 Å². The van der Waals surface area contributed by atoms with Crippen LogP contribution in [0, 0.1) is 29.6 Å². The summed E-state index contributed by atoms with van der Waals surface area (Å²) in [5.41, 5.74) is 7.15. The number of hydrogen-bond donors (Lipinski definition) is 14. The number of aliphatic hydroxyl groups is 1. The Morgan fingerprint density at radius 1 is 0.494 bits per heavy atom. The van der Waals surface area contributed by atoms with E-state index in [0.717, 1.165) is 0 Å². The van der Waals surface area contributed by atoms with Gasteiger partial charge >= 0.3 is 17.9 Å². The molecule has 8 amide bonds. The van der Waals surface area contributed by atoms with Gasteiger partial charge in [-0.05, 0) is 73.3 Å². The molecule has 0 bridgehead atoms. The molecule has 0 saturated heterocycles. The van der Waals surface area contributed by atoms with Gasteiger partial charge in [-0.3, -0.25) is 47.9 Å². The number of fused-ring (bicyclic) bond motifs is 1. The fraction of sp³-hybridized carbons (Fsp3) is 0.648. The van der Waals surface area contributed by atoms with Crippen molar-refractivity contribution >= 4 is 76.1 Å². The van der Waals surface area contributed by atoms with Crippen molar-refractivity contribution < 1.29 is 73.2 Å². The van der Waals surface area contributed by atoms with Gasteiger partial charge in [-0.15, -0.1) is 0 Å². The van der Waals surface area contributed by atoms with Crippen LogP contribution >= 0.6 is 0 Å². The smallest absolute Gasteiger partial charge is 0.326 e. The van der Waals surface area contributed by atoms with Crippen molar-refractivity contribution in [3.05, 3.63) is 36.0 Å². The number of benzene rings is 1. The van der Waals surface area contributed by atoms with Crippen LogP contribution in [0.2, 0.25) is 0 Å². The van der Waals surface area contributed by atoms with E-state index in [1.807, 2.05) is 0 Å². The zero-order valence-electron chi connectivity index (χ0n) is 47.1. The molecule has 1 heterocycles. The minimum atomic E-state index is -1.68. The zero-order valence-corrected chi connectivity index (χ0v) is 47.1. The molecule has 0 unspecified atom stereocenters. The Morgan fingerprint density at radius 2 is 0.886 bits per heavy atom. The van der Waals surface area contributed by atoms with Crippen LogP contribution in [0.5, 0.6) is 0 Å². The lowest BCUT2D eigenvalue weighted by Crippen LogP contribution is -2.62. The highest BCUT2D eigenvalue weighted by atomic mass is 16.4. The number of hydrogen-bond acceptors (Lipinski definition) is 13. The number of H-pyrrole nitrogens is 1. The Balaban J connectivity index is 2.51. The van der Waals surface area contributed by atoms with Gasteiger partial charge in [0.05, 0.1) is 12.6 Å². The SMILES string of the molecule is CC[C@H](C)[C@H](NC(=O)[C@H](Cc1c[nH]c2ccccc12)NC(=O)[C@H](CO)NC(=O)[C@H](CC(C)C)NC(=O)[C@@H](N)CCC(=O)O)C(=O)N[C@H](C(=O)N[C@@H](CCC(=O)O)C(=O)N[C@@H](CC(C)C)C(=O)N[C@@H](CC(C)C)C(=O)O)[C@@H](C)CC. The second-order valence-electron chi connectivity index (χ2n) is 21.6. The summed E-state index contributed by atoms with van der Waals surface area (Å²) in [6.45, 7) is 16.5. The molecule has 2 rings (SSSR count). The van der Waals surface area contributed by atoms with Crippen LogP contribution < -0.4 is 48.3 Å². The summed E-state index contributed by atoms with van der Waals surface area (Å²) >= 11 is 0. The normalized spacial score (nSPS) is 15.6. The summed E-state index contributed by atoms with van der Waals surface area (Å²) in [7, 11) is 0. The van der Waals surface area contributed by atoms with Crippen LogP contribution in [0.1, 0.15) is 133 Å². The minimum absolute atomic E-state index is 0.0555. The molecule has 0 aliphatic carbocycles. The molecule has 442 valence electrons. The Morgan fingerprint density at radius 3 is 1.38 bits per heavy atom. The molecule has 25 nitrogen and oxygen atoms in total. The molecule has 11 atom stereocenters. The predicted molar refractivity (Wildman–Crippen MR) is 291 cm³/mol. The van der Waals surface area contributed by atoms with E-state index in [1.54, 1.807) is 99.7 Å². The third kappa shape index (κ3) is 23.0. The van der Waals surface area contributed by atoms with E-state index in [0.29, 0.717) is 29.3 Å². The lowest BCUT2D eigenvalue weighted by Gasteiger charge is -2.31. The predicted octanol–water partition coefficient (Wildman–Crippen LogP) is 0.953. The van der Waals surface area contributed by atoms with Gasteiger partial charge in [-0.2, -0.15) is 0 Å². The number of carbonyl (C=O) groups excluding carboxylic acids is 8. The van der Waals surface area contributed by atoms with Crippen molar-refractivity contribution in [3.8, 4) is 0 Å². The maximum absolute atomic E-state index is 14.6. The first-order valence-electron chi connectivity index (χ1n) is 27.0. The molecule has 2 aromatic rings. The Hall–Kier alpha value is -7.15. The van der Waals surface area contributed by atoms with E-state index in [4.69, 9.17) is 10.8 Å². The third-order valence-corrected chi connectivity index (χ3v) is 13.4. The molecule has 0 saturated carbocycles. The first kappa shape index (κ1) is 68.0. The maximum atomic E-state index is 14.6. The Kier molecular flexibility index (Phi) is 28.7. The van der Waals surface area contributed by atoms with E-state index in [2.05, 4.69) is 47.5 Å². The van der Waals surface area contributed by atoms with Crippen LogP contribution in [0.25, 0.3) is 10.9 Å². The summed E-state index contributed by atoms with van der Waals surface area (Å²) in [4.78, 5) is 150. The number of aromatic nitrogens is 1. The lowest BCUT2D eigenvalue weighted by atomic mass is 9.94. The number of carboxylic acid groups (broad SMARTS) is 3. The fourth-order valence-corrected chi connectivity index (χ4v) is 8.50. The molecule has 0 spiro atoms. The van der Waals surface area contributed by atoms with Crippen molar-refractivity contribution in [3.63, 3.8) is 0 Å². The zero-order chi connectivity index (χ0) is 59.8. The van der Waals surface area contributed by atoms with Crippen molar-refractivity contribution in [1.82, 2.24) is 47.5 Å². The number of aliphatic carboxylic acids is 3. The molecule has 0 aliphatic rings. The molecule has 15 N–H and O–H groups in total. The van der Waals surface area contributed by atoms with E-state index in [9.17, 15) is 68.1 Å². The van der Waals surface area contributed by atoms with Crippen LogP contribution in [0.4, 0.5) is 0 Å². The number of aliphatic hydroxyl groups excluding tert-OH is 1. The highest BCUT2D eigenvalue weighted by Gasteiger charge is 2.38. The second-order valence-corrected chi connectivity index (χ2v) is 21.6. The second kappa shape index (κ2) is 33.3. The molecule has 0 radical (unpaired) electrons. The summed E-state index contributed by atoms with van der Waals surface area (Å²) in [5, 5.41) is 60.1. The Labute approximate surface area is 461 Å². The molecule has 1 aromatic heterocycles. The third-order valence-electron chi connectivity index (χ3n) is 13.4. The van der Waals surface area contributed by atoms with Gasteiger partial charge in [0.1, 0.15) is 48.3 Å². The maximum Gasteiger partial charge on any atom is 0.326 e. The summed E-state index contributed by atoms with van der Waals surface area (Å²) in [6.07, 6.45) is 0.611. The number of nitrogens with two attached hydrogens (primary N) is 1. The minimum Gasteiger partial charge on any atom is -0.481 e. The van der Waals surface area contributed by atoms with Gasteiger partial charge in [0.25, 0.3) is 0 Å². The van der Waals surface area contributed by atoms with Gasteiger partial charge in [-0.1, -0.05) is 100 Å². The van der Waals surface area contributed by atoms with Crippen LogP contribution in [0.3, 0.4) is 0 Å². The highest BCUT2D eigenvalue weighted by molar-refractivity contribution is 5.99. The van der Waals surface area contributed by atoms with Crippen molar-refractivity contribution in [1.29, 1.82) is 0 Å². The van der Waals surface area contributed by atoms with Gasteiger partial charge in [0.15, 0.2) is 0 Å². The quantitative estimate of drug-likeness (QED) is 0.0452. The van der Waals surface area contributed by atoms with E-state index in [-0.39, 0.29) is 49.9 Å². The number of rotatable bonds is 36. The summed E-state index contributed by atoms with van der Waals surface area (Å²) < 4.78 is 0. The first-order valence-corrected chi connectivity index (χ1v) is 27.0. The molecule has 1 aromatic carbocycles. The molecular weight excluding hydrogens is 1030 g/mol. The monoisotopic (exact) mass is 1110 g/mol. The summed E-state index contributed by atoms with van der Waals surface area (Å²) in [6, 6.07) is -5.44. The number of carboxylic acids is 3. The molecular formula is C54H86N10O15. The molecule has 0 aliphatic heterocycles. The number of nitrogens with one attached hydrogen (secondary N) is 9. The van der Waals surface area contributed by atoms with Crippen LogP contribution in [0.15, 0.2) is 30.5 Å².